The van der Waals surface area contributed by atoms with Gasteiger partial charge in [-0.05, 0) is 13.0 Å². The zero-order valence-corrected chi connectivity index (χ0v) is 9.47. The second kappa shape index (κ2) is 4.86. The maximum absolute atomic E-state index is 5.05. The van der Waals surface area contributed by atoms with Crippen molar-refractivity contribution in [3.63, 3.8) is 0 Å². The Kier molecular flexibility index (Phi) is 3.27. The maximum atomic E-state index is 5.05. The van der Waals surface area contributed by atoms with Crippen LogP contribution in [0.15, 0.2) is 36.4 Å². The number of hydrogen-bond acceptors (Lipinski definition) is 3. The second-order valence-electron chi connectivity index (χ2n) is 3.61. The molecule has 0 fully saturated rings. The fourth-order valence-corrected chi connectivity index (χ4v) is 1.58. The third-order valence-corrected chi connectivity index (χ3v) is 2.24. The fourth-order valence-electron chi connectivity index (χ4n) is 1.58. The Hall–Kier alpha value is -1.74. The molecule has 82 valence electrons. The molecule has 1 aromatic carbocycles. The maximum Gasteiger partial charge on any atom is 0.154 e. The minimum absolute atomic E-state index is 0.446. The Morgan fingerprint density at radius 2 is 1.88 bits per heavy atom. The van der Waals surface area contributed by atoms with E-state index in [1.54, 1.807) is 7.11 Å². The number of hydrogen-bond donors (Lipinski definition) is 0. The summed E-state index contributed by atoms with van der Waals surface area (Å²) in [5, 5.41) is 0. The third-order valence-electron chi connectivity index (χ3n) is 2.24. The van der Waals surface area contributed by atoms with E-state index in [9.17, 15) is 0 Å². The van der Waals surface area contributed by atoms with E-state index in [0.717, 1.165) is 22.8 Å². The minimum atomic E-state index is 0.446. The topological polar surface area (TPSA) is 35.0 Å². The summed E-state index contributed by atoms with van der Waals surface area (Å²) in [6.07, 6.45) is 0. The molecular formula is C13H14N2O. The van der Waals surface area contributed by atoms with E-state index >= 15 is 0 Å². The number of methoxy groups -OCH3 is 1. The number of rotatable bonds is 3. The molecule has 2 rings (SSSR count). The molecule has 16 heavy (non-hydrogen) atoms. The summed E-state index contributed by atoms with van der Waals surface area (Å²) < 4.78 is 5.05. The first-order valence-electron chi connectivity index (χ1n) is 5.18. The highest BCUT2D eigenvalue weighted by Gasteiger charge is 2.03. The van der Waals surface area contributed by atoms with Crippen LogP contribution in [0.25, 0.3) is 11.3 Å². The van der Waals surface area contributed by atoms with Crippen molar-refractivity contribution in [2.24, 2.45) is 0 Å². The fraction of sp³-hybridized carbons (Fsp3) is 0.231. The molecular weight excluding hydrogens is 200 g/mol. The van der Waals surface area contributed by atoms with E-state index in [-0.39, 0.29) is 0 Å². The van der Waals surface area contributed by atoms with Crippen molar-refractivity contribution in [3.8, 4) is 11.3 Å². The Labute approximate surface area is 95.1 Å². The zero-order chi connectivity index (χ0) is 11.4. The van der Waals surface area contributed by atoms with Gasteiger partial charge in [-0.2, -0.15) is 0 Å². The Morgan fingerprint density at radius 1 is 1.12 bits per heavy atom. The van der Waals surface area contributed by atoms with Gasteiger partial charge in [-0.1, -0.05) is 30.3 Å². The highest BCUT2D eigenvalue weighted by Crippen LogP contribution is 2.17. The van der Waals surface area contributed by atoms with Crippen LogP contribution in [0, 0.1) is 6.92 Å². The van der Waals surface area contributed by atoms with Crippen molar-refractivity contribution < 1.29 is 4.74 Å². The summed E-state index contributed by atoms with van der Waals surface area (Å²) in [6.45, 7) is 2.41. The van der Waals surface area contributed by atoms with Crippen LogP contribution < -0.4 is 0 Å². The lowest BCUT2D eigenvalue weighted by Gasteiger charge is -2.05. The van der Waals surface area contributed by atoms with Gasteiger partial charge in [-0.15, -0.1) is 0 Å². The van der Waals surface area contributed by atoms with Crippen molar-refractivity contribution in [2.75, 3.05) is 7.11 Å². The minimum Gasteiger partial charge on any atom is -0.377 e. The van der Waals surface area contributed by atoms with E-state index < -0.39 is 0 Å². The van der Waals surface area contributed by atoms with Gasteiger partial charge in [-0.25, -0.2) is 9.97 Å². The van der Waals surface area contributed by atoms with Gasteiger partial charge in [0.05, 0.1) is 5.69 Å². The molecule has 2 aromatic rings. The molecule has 0 bridgehead atoms. The van der Waals surface area contributed by atoms with Gasteiger partial charge in [0.15, 0.2) is 5.82 Å². The SMILES string of the molecule is COCc1nc(C)cc(-c2ccccc2)n1. The van der Waals surface area contributed by atoms with Crippen LogP contribution in [0.1, 0.15) is 11.5 Å². The summed E-state index contributed by atoms with van der Waals surface area (Å²) in [5.41, 5.74) is 3.01. The van der Waals surface area contributed by atoms with Gasteiger partial charge in [0.1, 0.15) is 6.61 Å². The quantitative estimate of drug-likeness (QED) is 0.787. The Bertz CT molecular complexity index is 469. The smallest absolute Gasteiger partial charge is 0.154 e. The first-order valence-corrected chi connectivity index (χ1v) is 5.18. The molecule has 0 saturated carbocycles. The molecule has 1 aromatic heterocycles. The first kappa shape index (κ1) is 10.8. The summed E-state index contributed by atoms with van der Waals surface area (Å²) in [5.74, 6) is 0.723. The standard InChI is InChI=1S/C13H14N2O/c1-10-8-12(11-6-4-3-5-7-11)15-13(14-10)9-16-2/h3-8H,9H2,1-2H3. The number of aromatic nitrogens is 2. The lowest BCUT2D eigenvalue weighted by Crippen LogP contribution is -2.00. The van der Waals surface area contributed by atoms with Crippen LogP contribution in [-0.4, -0.2) is 17.1 Å². The van der Waals surface area contributed by atoms with E-state index in [1.807, 2.05) is 43.3 Å². The molecule has 0 spiro atoms. The molecule has 0 unspecified atom stereocenters. The van der Waals surface area contributed by atoms with Gasteiger partial charge >= 0.3 is 0 Å². The van der Waals surface area contributed by atoms with Crippen molar-refractivity contribution in [3.05, 3.63) is 47.9 Å². The molecule has 0 radical (unpaired) electrons. The molecule has 0 amide bonds. The van der Waals surface area contributed by atoms with Crippen molar-refractivity contribution in [1.29, 1.82) is 0 Å². The van der Waals surface area contributed by atoms with E-state index in [1.165, 1.54) is 0 Å². The van der Waals surface area contributed by atoms with Crippen molar-refractivity contribution in [1.82, 2.24) is 9.97 Å². The van der Waals surface area contributed by atoms with Gasteiger partial charge in [0.2, 0.25) is 0 Å². The molecule has 3 heteroatoms. The number of ether oxygens (including phenoxy) is 1. The lowest BCUT2D eigenvalue weighted by atomic mass is 10.1. The van der Waals surface area contributed by atoms with Crippen LogP contribution in [0.5, 0.6) is 0 Å². The average molecular weight is 214 g/mol. The van der Waals surface area contributed by atoms with Crippen molar-refractivity contribution in [2.45, 2.75) is 13.5 Å². The predicted molar refractivity (Wildman–Crippen MR) is 62.9 cm³/mol. The van der Waals surface area contributed by atoms with Crippen LogP contribution in [0.2, 0.25) is 0 Å². The van der Waals surface area contributed by atoms with Gasteiger partial charge in [0.25, 0.3) is 0 Å². The van der Waals surface area contributed by atoms with E-state index in [2.05, 4.69) is 9.97 Å². The summed E-state index contributed by atoms with van der Waals surface area (Å²) in [7, 11) is 1.65. The molecule has 0 aliphatic rings. The van der Waals surface area contributed by atoms with Crippen molar-refractivity contribution >= 4 is 0 Å². The summed E-state index contributed by atoms with van der Waals surface area (Å²) in [6, 6.07) is 12.1. The van der Waals surface area contributed by atoms with Crippen LogP contribution >= 0.6 is 0 Å². The van der Waals surface area contributed by atoms with E-state index in [0.29, 0.717) is 6.61 Å². The van der Waals surface area contributed by atoms with Crippen LogP contribution in [0.3, 0.4) is 0 Å². The zero-order valence-electron chi connectivity index (χ0n) is 9.47. The van der Waals surface area contributed by atoms with Gasteiger partial charge in [0, 0.05) is 18.4 Å². The van der Waals surface area contributed by atoms with Gasteiger partial charge < -0.3 is 4.74 Å². The Morgan fingerprint density at radius 3 is 2.56 bits per heavy atom. The summed E-state index contributed by atoms with van der Waals surface area (Å²) in [4.78, 5) is 8.77. The highest BCUT2D eigenvalue weighted by atomic mass is 16.5. The van der Waals surface area contributed by atoms with Crippen LogP contribution in [-0.2, 0) is 11.3 Å². The highest BCUT2D eigenvalue weighted by molar-refractivity contribution is 5.58. The first-order chi connectivity index (χ1) is 7.79. The number of nitrogens with zero attached hydrogens (tertiary/aromatic N) is 2. The molecule has 0 aliphatic heterocycles. The second-order valence-corrected chi connectivity index (χ2v) is 3.61. The van der Waals surface area contributed by atoms with E-state index in [4.69, 9.17) is 4.74 Å². The Balaban J connectivity index is 2.41. The predicted octanol–water partition coefficient (Wildman–Crippen LogP) is 2.60. The number of aryl methyl sites for hydroxylation is 1. The largest absolute Gasteiger partial charge is 0.377 e. The molecule has 0 saturated heterocycles. The summed E-state index contributed by atoms with van der Waals surface area (Å²) >= 11 is 0. The normalized spacial score (nSPS) is 10.4. The molecule has 3 nitrogen and oxygen atoms in total. The molecule has 1 heterocycles. The van der Waals surface area contributed by atoms with Crippen LogP contribution in [0.4, 0.5) is 0 Å². The third kappa shape index (κ3) is 2.44. The lowest BCUT2D eigenvalue weighted by molar-refractivity contribution is 0.177. The molecule has 0 atom stereocenters. The van der Waals surface area contributed by atoms with Gasteiger partial charge in [-0.3, -0.25) is 0 Å². The average Bonchev–Trinajstić information content (AvgIpc) is 2.30. The molecule has 0 N–H and O–H groups in total. The monoisotopic (exact) mass is 214 g/mol. The molecule has 0 aliphatic carbocycles. The number of benzene rings is 1.